The summed E-state index contributed by atoms with van der Waals surface area (Å²) in [6, 6.07) is 16.7. The Morgan fingerprint density at radius 3 is 2.53 bits per heavy atom. The van der Waals surface area contributed by atoms with Crippen LogP contribution >= 0.6 is 24.0 Å². The molecule has 0 saturated carbocycles. The number of guanidine groups is 1. The molecule has 5 nitrogen and oxygen atoms in total. The molecule has 0 aliphatic carbocycles. The molecule has 2 atom stereocenters. The predicted molar refractivity (Wildman–Crippen MR) is 135 cm³/mol. The van der Waals surface area contributed by atoms with Crippen molar-refractivity contribution in [2.75, 3.05) is 40.4 Å². The van der Waals surface area contributed by atoms with E-state index in [0.29, 0.717) is 11.8 Å². The van der Waals surface area contributed by atoms with E-state index in [1.54, 1.807) is 14.2 Å². The number of ether oxygens (including phenoxy) is 2. The summed E-state index contributed by atoms with van der Waals surface area (Å²) >= 11 is 0. The van der Waals surface area contributed by atoms with Crippen molar-refractivity contribution < 1.29 is 9.47 Å². The molecule has 0 radical (unpaired) electrons. The molecular weight excluding hydrogens is 489 g/mol. The molecule has 0 bridgehead atoms. The maximum absolute atomic E-state index is 5.52. The van der Waals surface area contributed by atoms with Crippen molar-refractivity contribution in [1.29, 1.82) is 0 Å². The van der Waals surface area contributed by atoms with Crippen LogP contribution in [0.1, 0.15) is 43.2 Å². The topological polar surface area (TPSA) is 46.1 Å². The Hall–Kier alpha value is -1.96. The number of aliphatic imine (C=N–C) groups is 1. The average molecular weight is 523 g/mol. The molecule has 164 valence electrons. The van der Waals surface area contributed by atoms with E-state index < -0.39 is 0 Å². The molecule has 0 amide bonds. The molecule has 3 rings (SSSR count). The summed E-state index contributed by atoms with van der Waals surface area (Å²) in [5.74, 6) is 3.66. The van der Waals surface area contributed by atoms with Gasteiger partial charge in [0.2, 0.25) is 0 Å². The summed E-state index contributed by atoms with van der Waals surface area (Å²) in [5.41, 5.74) is 2.57. The van der Waals surface area contributed by atoms with Crippen LogP contribution in [0.15, 0.2) is 53.5 Å². The standard InChI is InChI=1S/C24H33N3O2.HI/c1-5-25-24(26-16-18(2)22-8-6-7-9-23(22)29-4)27-15-14-20(17-27)19-10-12-21(28-3)13-11-19;/h6-13,18,20H,5,14-17H2,1-4H3,(H,25,26);1H. The number of halogens is 1. The van der Waals surface area contributed by atoms with Gasteiger partial charge in [-0.15, -0.1) is 24.0 Å². The van der Waals surface area contributed by atoms with Gasteiger partial charge in [-0.1, -0.05) is 37.3 Å². The summed E-state index contributed by atoms with van der Waals surface area (Å²) in [5, 5.41) is 3.47. The van der Waals surface area contributed by atoms with Gasteiger partial charge in [0.05, 0.1) is 14.2 Å². The molecule has 6 heteroatoms. The van der Waals surface area contributed by atoms with Crippen molar-refractivity contribution >= 4 is 29.9 Å². The van der Waals surface area contributed by atoms with E-state index in [1.807, 2.05) is 24.3 Å². The van der Waals surface area contributed by atoms with Crippen molar-refractivity contribution in [3.05, 3.63) is 59.7 Å². The van der Waals surface area contributed by atoms with E-state index in [-0.39, 0.29) is 24.0 Å². The number of hydrogen-bond acceptors (Lipinski definition) is 3. The fraction of sp³-hybridized carbons (Fsp3) is 0.458. The smallest absolute Gasteiger partial charge is 0.193 e. The number of para-hydroxylation sites is 1. The lowest BCUT2D eigenvalue weighted by molar-refractivity contribution is 0.406. The Labute approximate surface area is 197 Å². The van der Waals surface area contributed by atoms with Crippen molar-refractivity contribution in [2.24, 2.45) is 4.99 Å². The van der Waals surface area contributed by atoms with Crippen molar-refractivity contribution in [2.45, 2.75) is 32.1 Å². The number of nitrogens with zero attached hydrogens (tertiary/aromatic N) is 2. The number of benzene rings is 2. The van der Waals surface area contributed by atoms with Crippen LogP contribution in [0.4, 0.5) is 0 Å². The maximum Gasteiger partial charge on any atom is 0.193 e. The van der Waals surface area contributed by atoms with Crippen molar-refractivity contribution in [3.8, 4) is 11.5 Å². The van der Waals surface area contributed by atoms with E-state index >= 15 is 0 Å². The van der Waals surface area contributed by atoms with Gasteiger partial charge >= 0.3 is 0 Å². The van der Waals surface area contributed by atoms with Crippen LogP contribution < -0.4 is 14.8 Å². The lowest BCUT2D eigenvalue weighted by Crippen LogP contribution is -2.40. The van der Waals surface area contributed by atoms with Crippen LogP contribution in [-0.4, -0.2) is 51.3 Å². The highest BCUT2D eigenvalue weighted by atomic mass is 127. The molecule has 2 unspecified atom stereocenters. The number of hydrogen-bond donors (Lipinski definition) is 1. The molecule has 0 aromatic heterocycles. The summed E-state index contributed by atoms with van der Waals surface area (Å²) in [4.78, 5) is 7.34. The number of methoxy groups -OCH3 is 2. The van der Waals surface area contributed by atoms with Gasteiger partial charge in [-0.05, 0) is 42.7 Å². The molecule has 30 heavy (non-hydrogen) atoms. The third kappa shape index (κ3) is 6.03. The van der Waals surface area contributed by atoms with E-state index in [1.165, 1.54) is 11.1 Å². The van der Waals surface area contributed by atoms with Crippen molar-refractivity contribution in [1.82, 2.24) is 10.2 Å². The van der Waals surface area contributed by atoms with E-state index in [0.717, 1.165) is 50.1 Å². The lowest BCUT2D eigenvalue weighted by atomic mass is 9.98. The maximum atomic E-state index is 5.52. The Balaban J connectivity index is 0.00000320. The summed E-state index contributed by atoms with van der Waals surface area (Å²) in [7, 11) is 3.43. The van der Waals surface area contributed by atoms with Crippen LogP contribution in [0.5, 0.6) is 11.5 Å². The molecule has 1 aliphatic rings. The highest BCUT2D eigenvalue weighted by Crippen LogP contribution is 2.29. The molecular formula is C24H34IN3O2. The predicted octanol–water partition coefficient (Wildman–Crippen LogP) is 4.88. The largest absolute Gasteiger partial charge is 0.497 e. The van der Waals surface area contributed by atoms with E-state index in [9.17, 15) is 0 Å². The van der Waals surface area contributed by atoms with Gasteiger partial charge in [0.15, 0.2) is 5.96 Å². The first-order chi connectivity index (χ1) is 14.2. The van der Waals surface area contributed by atoms with E-state index in [2.05, 4.69) is 48.3 Å². The van der Waals surface area contributed by atoms with Crippen LogP contribution in [0.3, 0.4) is 0 Å². The highest BCUT2D eigenvalue weighted by molar-refractivity contribution is 14.0. The Morgan fingerprint density at radius 2 is 1.87 bits per heavy atom. The zero-order valence-electron chi connectivity index (χ0n) is 18.4. The van der Waals surface area contributed by atoms with Gasteiger partial charge in [0, 0.05) is 38.0 Å². The minimum absolute atomic E-state index is 0. The van der Waals surface area contributed by atoms with Gasteiger partial charge in [0.25, 0.3) is 0 Å². The van der Waals surface area contributed by atoms with Gasteiger partial charge in [0.1, 0.15) is 11.5 Å². The fourth-order valence-corrected chi connectivity index (χ4v) is 3.92. The van der Waals surface area contributed by atoms with Crippen LogP contribution in [0.25, 0.3) is 0 Å². The quantitative estimate of drug-likeness (QED) is 0.319. The molecule has 1 saturated heterocycles. The van der Waals surface area contributed by atoms with Crippen LogP contribution in [0.2, 0.25) is 0 Å². The Morgan fingerprint density at radius 1 is 1.13 bits per heavy atom. The summed E-state index contributed by atoms with van der Waals surface area (Å²) in [6.45, 7) is 7.93. The Bertz CT molecular complexity index is 810. The second-order valence-electron chi connectivity index (χ2n) is 7.54. The number of nitrogens with one attached hydrogen (secondary N) is 1. The molecule has 1 N–H and O–H groups in total. The molecule has 1 heterocycles. The summed E-state index contributed by atoms with van der Waals surface area (Å²) in [6.07, 6.45) is 1.14. The molecule has 2 aromatic carbocycles. The Kier molecular flexibility index (Phi) is 9.75. The first-order valence-corrected chi connectivity index (χ1v) is 10.5. The minimum Gasteiger partial charge on any atom is -0.497 e. The average Bonchev–Trinajstić information content (AvgIpc) is 3.26. The minimum atomic E-state index is 0. The van der Waals surface area contributed by atoms with Gasteiger partial charge in [-0.3, -0.25) is 4.99 Å². The zero-order chi connectivity index (χ0) is 20.6. The van der Waals surface area contributed by atoms with E-state index in [4.69, 9.17) is 14.5 Å². The SMILES string of the molecule is CCNC(=NCC(C)c1ccccc1OC)N1CCC(c2ccc(OC)cc2)C1.I. The van der Waals surface area contributed by atoms with Gasteiger partial charge < -0.3 is 19.7 Å². The summed E-state index contributed by atoms with van der Waals surface area (Å²) < 4.78 is 10.8. The van der Waals surface area contributed by atoms with Crippen molar-refractivity contribution in [3.63, 3.8) is 0 Å². The molecule has 1 aliphatic heterocycles. The fourth-order valence-electron chi connectivity index (χ4n) is 3.92. The highest BCUT2D eigenvalue weighted by Gasteiger charge is 2.26. The lowest BCUT2D eigenvalue weighted by Gasteiger charge is -2.23. The first-order valence-electron chi connectivity index (χ1n) is 10.5. The third-order valence-corrected chi connectivity index (χ3v) is 5.59. The molecule has 1 fully saturated rings. The van der Waals surface area contributed by atoms with Crippen LogP contribution in [0, 0.1) is 0 Å². The number of rotatable bonds is 7. The van der Waals surface area contributed by atoms with Gasteiger partial charge in [-0.2, -0.15) is 0 Å². The first kappa shape index (κ1) is 24.3. The second-order valence-corrected chi connectivity index (χ2v) is 7.54. The molecule has 0 spiro atoms. The number of likely N-dealkylation sites (tertiary alicyclic amines) is 1. The monoisotopic (exact) mass is 523 g/mol. The van der Waals surface area contributed by atoms with Crippen LogP contribution in [-0.2, 0) is 0 Å². The molecule has 2 aromatic rings. The second kappa shape index (κ2) is 12.0. The third-order valence-electron chi connectivity index (χ3n) is 5.59. The normalized spacial score (nSPS) is 17.3. The zero-order valence-corrected chi connectivity index (χ0v) is 20.8. The van der Waals surface area contributed by atoms with Gasteiger partial charge in [-0.25, -0.2) is 0 Å².